The molecule has 0 radical (unpaired) electrons. The lowest BCUT2D eigenvalue weighted by molar-refractivity contribution is -0.111. The second-order valence-electron chi connectivity index (χ2n) is 6.13. The molecule has 27 heavy (non-hydrogen) atoms. The third-order valence-corrected chi connectivity index (χ3v) is 4.44. The SMILES string of the molecule is CCN1C=C(C(=O)/C=C/c2ccccc2)C(c2ccc(OC)cc2)NC1=O. The van der Waals surface area contributed by atoms with Gasteiger partial charge in [-0.1, -0.05) is 48.5 Å². The molecule has 1 atom stereocenters. The van der Waals surface area contributed by atoms with Gasteiger partial charge in [-0.25, -0.2) is 4.79 Å². The highest BCUT2D eigenvalue weighted by Gasteiger charge is 2.30. The minimum absolute atomic E-state index is 0.141. The Hall–Kier alpha value is -3.34. The third kappa shape index (κ3) is 4.26. The fraction of sp³-hybridized carbons (Fsp3) is 0.182. The number of ketones is 1. The van der Waals surface area contributed by atoms with Crippen molar-refractivity contribution >= 4 is 17.9 Å². The Kier molecular flexibility index (Phi) is 5.71. The lowest BCUT2D eigenvalue weighted by atomic mass is 9.94. The maximum Gasteiger partial charge on any atom is 0.322 e. The summed E-state index contributed by atoms with van der Waals surface area (Å²) in [6.45, 7) is 2.35. The minimum Gasteiger partial charge on any atom is -0.497 e. The van der Waals surface area contributed by atoms with Gasteiger partial charge in [-0.2, -0.15) is 0 Å². The van der Waals surface area contributed by atoms with Crippen LogP contribution in [0.25, 0.3) is 6.08 Å². The highest BCUT2D eigenvalue weighted by molar-refractivity contribution is 6.08. The van der Waals surface area contributed by atoms with Crippen LogP contribution in [0.1, 0.15) is 24.1 Å². The Labute approximate surface area is 158 Å². The summed E-state index contributed by atoms with van der Waals surface area (Å²) >= 11 is 0. The molecule has 0 aliphatic carbocycles. The number of benzene rings is 2. The van der Waals surface area contributed by atoms with E-state index in [0.717, 1.165) is 16.9 Å². The molecule has 0 aromatic heterocycles. The van der Waals surface area contributed by atoms with Crippen LogP contribution in [0.4, 0.5) is 4.79 Å². The predicted molar refractivity (Wildman–Crippen MR) is 105 cm³/mol. The Bertz CT molecular complexity index is 870. The van der Waals surface area contributed by atoms with E-state index in [1.165, 1.54) is 4.90 Å². The minimum atomic E-state index is -0.501. The van der Waals surface area contributed by atoms with Crippen LogP contribution in [0.15, 0.2) is 72.4 Å². The van der Waals surface area contributed by atoms with Crippen LogP contribution in [-0.4, -0.2) is 30.4 Å². The van der Waals surface area contributed by atoms with Crippen molar-refractivity contribution in [3.8, 4) is 5.75 Å². The van der Waals surface area contributed by atoms with Gasteiger partial charge in [0.25, 0.3) is 0 Å². The lowest BCUT2D eigenvalue weighted by Crippen LogP contribution is -2.44. The first-order valence-electron chi connectivity index (χ1n) is 8.82. The Morgan fingerprint density at radius 3 is 2.48 bits per heavy atom. The molecule has 138 valence electrons. The molecule has 0 bridgehead atoms. The molecule has 0 saturated heterocycles. The predicted octanol–water partition coefficient (Wildman–Crippen LogP) is 3.95. The van der Waals surface area contributed by atoms with Crippen molar-refractivity contribution in [1.82, 2.24) is 10.2 Å². The van der Waals surface area contributed by atoms with Crippen LogP contribution in [0, 0.1) is 0 Å². The smallest absolute Gasteiger partial charge is 0.322 e. The molecule has 5 nitrogen and oxygen atoms in total. The molecule has 5 heteroatoms. The van der Waals surface area contributed by atoms with Crippen LogP contribution in [-0.2, 0) is 4.79 Å². The maximum atomic E-state index is 12.9. The Morgan fingerprint density at radius 2 is 1.85 bits per heavy atom. The molecule has 2 amide bonds. The lowest BCUT2D eigenvalue weighted by Gasteiger charge is -2.31. The van der Waals surface area contributed by atoms with E-state index in [4.69, 9.17) is 4.74 Å². The van der Waals surface area contributed by atoms with E-state index in [-0.39, 0.29) is 11.8 Å². The summed E-state index contributed by atoms with van der Waals surface area (Å²) in [7, 11) is 1.60. The number of rotatable bonds is 6. The summed E-state index contributed by atoms with van der Waals surface area (Å²) in [6, 6.07) is 16.2. The van der Waals surface area contributed by atoms with Crippen molar-refractivity contribution in [2.24, 2.45) is 0 Å². The molecule has 0 saturated carbocycles. The molecule has 2 aromatic carbocycles. The van der Waals surface area contributed by atoms with Gasteiger partial charge in [0.15, 0.2) is 5.78 Å². The summed E-state index contributed by atoms with van der Waals surface area (Å²) in [5.41, 5.74) is 2.29. The number of nitrogens with one attached hydrogen (secondary N) is 1. The number of carbonyl (C=O) groups excluding carboxylic acids is 2. The highest BCUT2D eigenvalue weighted by atomic mass is 16.5. The van der Waals surface area contributed by atoms with E-state index in [1.54, 1.807) is 25.5 Å². The van der Waals surface area contributed by atoms with Crippen molar-refractivity contribution in [1.29, 1.82) is 0 Å². The standard InChI is InChI=1S/C22H22N2O3/c1-3-24-15-19(20(25)14-9-16-7-5-4-6-8-16)21(23-22(24)26)17-10-12-18(27-2)13-11-17/h4-15,21H,3H2,1-2H3,(H,23,26)/b14-9+. The molecule has 3 rings (SSSR count). The van der Waals surface area contributed by atoms with E-state index in [9.17, 15) is 9.59 Å². The highest BCUT2D eigenvalue weighted by Crippen LogP contribution is 2.28. The number of ether oxygens (including phenoxy) is 1. The zero-order valence-corrected chi connectivity index (χ0v) is 15.4. The first-order valence-corrected chi connectivity index (χ1v) is 8.82. The number of allylic oxidation sites excluding steroid dienone is 1. The Balaban J connectivity index is 1.92. The molecule has 0 fully saturated rings. The first kappa shape index (κ1) is 18.5. The number of nitrogens with zero attached hydrogens (tertiary/aromatic N) is 1. The van der Waals surface area contributed by atoms with E-state index < -0.39 is 6.04 Å². The van der Waals surface area contributed by atoms with Gasteiger partial charge < -0.3 is 15.0 Å². The van der Waals surface area contributed by atoms with Gasteiger partial charge in [-0.05, 0) is 36.3 Å². The van der Waals surface area contributed by atoms with Crippen LogP contribution < -0.4 is 10.1 Å². The summed E-state index contributed by atoms with van der Waals surface area (Å²) < 4.78 is 5.19. The summed E-state index contributed by atoms with van der Waals surface area (Å²) in [4.78, 5) is 26.7. The van der Waals surface area contributed by atoms with Crippen LogP contribution in [0.5, 0.6) is 5.75 Å². The van der Waals surface area contributed by atoms with Gasteiger partial charge in [-0.3, -0.25) is 4.79 Å². The molecular formula is C22H22N2O3. The number of methoxy groups -OCH3 is 1. The fourth-order valence-electron chi connectivity index (χ4n) is 2.92. The van der Waals surface area contributed by atoms with Crippen molar-refractivity contribution in [3.05, 3.63) is 83.6 Å². The molecule has 2 aromatic rings. The van der Waals surface area contributed by atoms with E-state index in [0.29, 0.717) is 12.1 Å². The zero-order chi connectivity index (χ0) is 19.2. The fourth-order valence-corrected chi connectivity index (χ4v) is 2.92. The van der Waals surface area contributed by atoms with Crippen molar-refractivity contribution in [3.63, 3.8) is 0 Å². The van der Waals surface area contributed by atoms with E-state index >= 15 is 0 Å². The third-order valence-electron chi connectivity index (χ3n) is 4.44. The van der Waals surface area contributed by atoms with Crippen LogP contribution >= 0.6 is 0 Å². The first-order chi connectivity index (χ1) is 13.1. The van der Waals surface area contributed by atoms with Gasteiger partial charge in [-0.15, -0.1) is 0 Å². The topological polar surface area (TPSA) is 58.6 Å². The quantitative estimate of drug-likeness (QED) is 0.792. The molecule has 1 aliphatic rings. The maximum absolute atomic E-state index is 12.9. The van der Waals surface area contributed by atoms with E-state index in [1.807, 2.05) is 61.5 Å². The number of carbonyl (C=O) groups is 2. The van der Waals surface area contributed by atoms with Gasteiger partial charge in [0.1, 0.15) is 5.75 Å². The summed E-state index contributed by atoms with van der Waals surface area (Å²) in [5.74, 6) is 0.579. The van der Waals surface area contributed by atoms with Crippen molar-refractivity contribution in [2.75, 3.05) is 13.7 Å². The van der Waals surface area contributed by atoms with Crippen LogP contribution in [0.3, 0.4) is 0 Å². The average molecular weight is 362 g/mol. The van der Waals surface area contributed by atoms with Gasteiger partial charge in [0.05, 0.1) is 13.2 Å². The molecule has 1 unspecified atom stereocenters. The number of urea groups is 1. The molecule has 1 heterocycles. The summed E-state index contributed by atoms with van der Waals surface area (Å²) in [5, 5.41) is 2.92. The number of hydrogen-bond donors (Lipinski definition) is 1. The average Bonchev–Trinajstić information content (AvgIpc) is 2.72. The second-order valence-corrected chi connectivity index (χ2v) is 6.13. The van der Waals surface area contributed by atoms with Crippen molar-refractivity contribution in [2.45, 2.75) is 13.0 Å². The number of amides is 2. The zero-order valence-electron chi connectivity index (χ0n) is 15.4. The van der Waals surface area contributed by atoms with Crippen molar-refractivity contribution < 1.29 is 14.3 Å². The Morgan fingerprint density at radius 1 is 1.15 bits per heavy atom. The van der Waals surface area contributed by atoms with E-state index in [2.05, 4.69) is 5.32 Å². The molecule has 1 N–H and O–H groups in total. The molecular weight excluding hydrogens is 340 g/mol. The monoisotopic (exact) mass is 362 g/mol. The van der Waals surface area contributed by atoms with Gasteiger partial charge in [0.2, 0.25) is 0 Å². The largest absolute Gasteiger partial charge is 0.497 e. The van der Waals surface area contributed by atoms with Crippen LogP contribution in [0.2, 0.25) is 0 Å². The molecule has 0 spiro atoms. The van der Waals surface area contributed by atoms with Gasteiger partial charge >= 0.3 is 6.03 Å². The molecule has 1 aliphatic heterocycles. The second kappa shape index (κ2) is 8.36. The number of hydrogen-bond acceptors (Lipinski definition) is 3. The van der Waals surface area contributed by atoms with Gasteiger partial charge in [0, 0.05) is 18.3 Å². The summed E-state index contributed by atoms with van der Waals surface area (Å²) in [6.07, 6.45) is 4.97. The normalized spacial score (nSPS) is 16.8.